The monoisotopic (exact) mass is 396 g/mol. The summed E-state index contributed by atoms with van der Waals surface area (Å²) in [6.45, 7) is 6.66. The predicted molar refractivity (Wildman–Crippen MR) is 103 cm³/mol. The van der Waals surface area contributed by atoms with Crippen LogP contribution in [0.3, 0.4) is 0 Å². The second kappa shape index (κ2) is 7.21. The summed E-state index contributed by atoms with van der Waals surface area (Å²) in [5.41, 5.74) is 4.84. The van der Waals surface area contributed by atoms with E-state index in [1.807, 2.05) is 12.1 Å². The average Bonchev–Trinajstić information content (AvgIpc) is 2.46. The summed E-state index contributed by atoms with van der Waals surface area (Å²) >= 11 is 15.8. The van der Waals surface area contributed by atoms with Crippen LogP contribution in [0.25, 0.3) is 11.6 Å². The van der Waals surface area contributed by atoms with Crippen molar-refractivity contribution in [2.75, 3.05) is 5.33 Å². The first-order valence-corrected chi connectivity index (χ1v) is 9.01. The highest BCUT2D eigenvalue weighted by Crippen LogP contribution is 2.28. The maximum absolute atomic E-state index is 6.26. The van der Waals surface area contributed by atoms with Gasteiger partial charge in [-0.3, -0.25) is 0 Å². The standard InChI is InChI=1S/C19H19BrCl2/c1-19(2,3)16-7-4-13(5-8-16)15(12-20)10-14-6-9-17(21)11-18(14)22/h4-11H,12H2,1-3H3. The molecule has 0 atom stereocenters. The molecule has 3 heteroatoms. The van der Waals surface area contributed by atoms with Crippen LogP contribution in [-0.4, -0.2) is 5.33 Å². The summed E-state index contributed by atoms with van der Waals surface area (Å²) in [6.07, 6.45) is 2.10. The second-order valence-corrected chi connectivity index (χ2v) is 7.70. The first-order chi connectivity index (χ1) is 10.3. The van der Waals surface area contributed by atoms with Crippen LogP contribution in [0.1, 0.15) is 37.5 Å². The molecule has 2 aromatic rings. The molecule has 0 fully saturated rings. The van der Waals surface area contributed by atoms with Crippen molar-refractivity contribution < 1.29 is 0 Å². The molecular formula is C19H19BrCl2. The molecule has 0 N–H and O–H groups in total. The predicted octanol–water partition coefficient (Wildman–Crippen LogP) is 7.23. The number of rotatable bonds is 3. The molecule has 0 radical (unpaired) electrons. The number of alkyl halides is 1. The fourth-order valence-electron chi connectivity index (χ4n) is 2.19. The van der Waals surface area contributed by atoms with Gasteiger partial charge in [-0.25, -0.2) is 0 Å². The van der Waals surface area contributed by atoms with Crippen LogP contribution in [0.2, 0.25) is 10.0 Å². The van der Waals surface area contributed by atoms with Gasteiger partial charge in [-0.2, -0.15) is 0 Å². The number of hydrogen-bond donors (Lipinski definition) is 0. The second-order valence-electron chi connectivity index (χ2n) is 6.30. The number of allylic oxidation sites excluding steroid dienone is 1. The zero-order chi connectivity index (χ0) is 16.3. The number of hydrogen-bond acceptors (Lipinski definition) is 0. The zero-order valence-electron chi connectivity index (χ0n) is 13.0. The van der Waals surface area contributed by atoms with E-state index in [1.165, 1.54) is 16.7 Å². The highest BCUT2D eigenvalue weighted by molar-refractivity contribution is 9.09. The highest BCUT2D eigenvalue weighted by atomic mass is 79.9. The largest absolute Gasteiger partial charge is 0.0876 e. The zero-order valence-corrected chi connectivity index (χ0v) is 16.1. The Morgan fingerprint density at radius 3 is 2.18 bits per heavy atom. The maximum Gasteiger partial charge on any atom is 0.0493 e. The van der Waals surface area contributed by atoms with Crippen molar-refractivity contribution in [3.8, 4) is 0 Å². The minimum Gasteiger partial charge on any atom is -0.0876 e. The third kappa shape index (κ3) is 4.38. The molecule has 0 saturated carbocycles. The lowest BCUT2D eigenvalue weighted by atomic mass is 9.86. The Morgan fingerprint density at radius 2 is 1.68 bits per heavy atom. The smallest absolute Gasteiger partial charge is 0.0493 e. The molecule has 2 aromatic carbocycles. The van der Waals surface area contributed by atoms with E-state index in [-0.39, 0.29) is 5.41 Å². The minimum absolute atomic E-state index is 0.163. The van der Waals surface area contributed by atoms with Gasteiger partial charge >= 0.3 is 0 Å². The van der Waals surface area contributed by atoms with E-state index in [2.05, 4.69) is 67.0 Å². The molecule has 0 unspecified atom stereocenters. The van der Waals surface area contributed by atoms with Crippen molar-refractivity contribution >= 4 is 50.8 Å². The molecule has 2 rings (SSSR count). The van der Waals surface area contributed by atoms with Crippen LogP contribution in [0, 0.1) is 0 Å². The van der Waals surface area contributed by atoms with Gasteiger partial charge in [0.1, 0.15) is 0 Å². The molecular weight excluding hydrogens is 379 g/mol. The molecule has 0 aliphatic rings. The molecule has 0 spiro atoms. The van der Waals surface area contributed by atoms with Gasteiger partial charge in [-0.1, -0.05) is 90.2 Å². The maximum atomic E-state index is 6.26. The Kier molecular flexibility index (Phi) is 5.76. The topological polar surface area (TPSA) is 0 Å². The minimum atomic E-state index is 0.163. The number of halogens is 3. The van der Waals surface area contributed by atoms with Crippen LogP contribution in [0.5, 0.6) is 0 Å². The lowest BCUT2D eigenvalue weighted by Crippen LogP contribution is -2.10. The molecule has 0 amide bonds. The van der Waals surface area contributed by atoms with Gasteiger partial charge in [-0.05, 0) is 45.9 Å². The Bertz CT molecular complexity index is 680. The van der Waals surface area contributed by atoms with E-state index in [4.69, 9.17) is 23.2 Å². The molecule has 116 valence electrons. The normalized spacial score (nSPS) is 12.5. The van der Waals surface area contributed by atoms with E-state index in [9.17, 15) is 0 Å². The molecule has 0 bridgehead atoms. The fourth-order valence-corrected chi connectivity index (χ4v) is 3.14. The first kappa shape index (κ1) is 17.6. The van der Waals surface area contributed by atoms with E-state index in [1.54, 1.807) is 6.07 Å². The van der Waals surface area contributed by atoms with Crippen LogP contribution >= 0.6 is 39.1 Å². The van der Waals surface area contributed by atoms with Crippen molar-refractivity contribution in [2.24, 2.45) is 0 Å². The van der Waals surface area contributed by atoms with E-state index >= 15 is 0 Å². The summed E-state index contributed by atoms with van der Waals surface area (Å²) < 4.78 is 0. The molecule has 0 heterocycles. The van der Waals surface area contributed by atoms with Crippen molar-refractivity contribution in [1.82, 2.24) is 0 Å². The molecule has 0 aliphatic heterocycles. The molecule has 0 aromatic heterocycles. The summed E-state index contributed by atoms with van der Waals surface area (Å²) in [6, 6.07) is 14.3. The highest BCUT2D eigenvalue weighted by Gasteiger charge is 2.13. The van der Waals surface area contributed by atoms with Crippen LogP contribution in [-0.2, 0) is 5.41 Å². The van der Waals surface area contributed by atoms with Crippen molar-refractivity contribution in [3.63, 3.8) is 0 Å². The summed E-state index contributed by atoms with van der Waals surface area (Å²) in [7, 11) is 0. The first-order valence-electron chi connectivity index (χ1n) is 7.14. The Hall–Kier alpha value is -0.760. The van der Waals surface area contributed by atoms with Gasteiger partial charge in [0.05, 0.1) is 0 Å². The third-order valence-electron chi connectivity index (χ3n) is 3.56. The quantitative estimate of drug-likeness (QED) is 0.378. The lowest BCUT2D eigenvalue weighted by Gasteiger charge is -2.19. The van der Waals surface area contributed by atoms with Gasteiger partial charge in [0.25, 0.3) is 0 Å². The van der Waals surface area contributed by atoms with E-state index in [0.717, 1.165) is 10.9 Å². The van der Waals surface area contributed by atoms with Crippen molar-refractivity contribution in [3.05, 3.63) is 69.2 Å². The molecule has 0 aliphatic carbocycles. The summed E-state index contributed by atoms with van der Waals surface area (Å²) in [5, 5.41) is 2.08. The van der Waals surface area contributed by atoms with Gasteiger partial charge in [0.2, 0.25) is 0 Å². The SMILES string of the molecule is CC(C)(C)c1ccc(C(=Cc2ccc(Cl)cc2Cl)CBr)cc1. The van der Waals surface area contributed by atoms with Gasteiger partial charge in [0.15, 0.2) is 0 Å². The van der Waals surface area contributed by atoms with Gasteiger partial charge in [-0.15, -0.1) is 0 Å². The van der Waals surface area contributed by atoms with Crippen LogP contribution in [0.4, 0.5) is 0 Å². The average molecular weight is 398 g/mol. The summed E-state index contributed by atoms with van der Waals surface area (Å²) in [5.74, 6) is 0. The summed E-state index contributed by atoms with van der Waals surface area (Å²) in [4.78, 5) is 0. The fraction of sp³-hybridized carbons (Fsp3) is 0.263. The van der Waals surface area contributed by atoms with Crippen molar-refractivity contribution in [1.29, 1.82) is 0 Å². The number of benzene rings is 2. The van der Waals surface area contributed by atoms with E-state index in [0.29, 0.717) is 10.0 Å². The molecule has 22 heavy (non-hydrogen) atoms. The van der Waals surface area contributed by atoms with Gasteiger partial charge in [0, 0.05) is 15.4 Å². The van der Waals surface area contributed by atoms with Gasteiger partial charge < -0.3 is 0 Å². The Labute approximate surface area is 151 Å². The van der Waals surface area contributed by atoms with Crippen LogP contribution < -0.4 is 0 Å². The molecule has 0 nitrogen and oxygen atoms in total. The van der Waals surface area contributed by atoms with E-state index < -0.39 is 0 Å². The lowest BCUT2D eigenvalue weighted by molar-refractivity contribution is 0.590. The molecule has 0 saturated heterocycles. The van der Waals surface area contributed by atoms with Crippen LogP contribution in [0.15, 0.2) is 42.5 Å². The van der Waals surface area contributed by atoms with Crippen molar-refractivity contribution in [2.45, 2.75) is 26.2 Å². The Balaban J connectivity index is 2.37. The third-order valence-corrected chi connectivity index (χ3v) is 4.72. The Morgan fingerprint density at radius 1 is 1.05 bits per heavy atom.